The van der Waals surface area contributed by atoms with E-state index < -0.39 is 0 Å². The number of rotatable bonds is 9. The highest BCUT2D eigenvalue weighted by Gasteiger charge is 2.09. The lowest BCUT2D eigenvalue weighted by molar-refractivity contribution is -0.119. The molecule has 0 aromatic heterocycles. The minimum absolute atomic E-state index is 0.291. The van der Waals surface area contributed by atoms with Gasteiger partial charge in [-0.15, -0.1) is 0 Å². The number of Topliss-reactive ketones (excluding diaryl/α,β-unsaturated/α-hetero) is 2. The Morgan fingerprint density at radius 2 is 1.82 bits per heavy atom. The minimum Gasteiger partial charge on any atom is -0.300 e. The van der Waals surface area contributed by atoms with Crippen molar-refractivity contribution in [3.8, 4) is 0 Å². The molecule has 0 unspecified atom stereocenters. The summed E-state index contributed by atoms with van der Waals surface area (Å²) in [6, 6.07) is 0. The van der Waals surface area contributed by atoms with Crippen molar-refractivity contribution in [3.63, 3.8) is 0 Å². The maximum atomic E-state index is 11.7. The molecule has 17 heavy (non-hydrogen) atoms. The molecule has 0 saturated carbocycles. The molecule has 0 amide bonds. The van der Waals surface area contributed by atoms with E-state index in [9.17, 15) is 9.59 Å². The van der Waals surface area contributed by atoms with Crippen molar-refractivity contribution in [3.05, 3.63) is 23.8 Å². The van der Waals surface area contributed by atoms with Gasteiger partial charge in [-0.3, -0.25) is 9.59 Å². The fourth-order valence-electron chi connectivity index (χ4n) is 1.95. The van der Waals surface area contributed by atoms with Gasteiger partial charge in [-0.1, -0.05) is 38.0 Å². The molecule has 1 rings (SSSR count). The van der Waals surface area contributed by atoms with Crippen LogP contribution >= 0.6 is 0 Å². The van der Waals surface area contributed by atoms with E-state index in [1.165, 1.54) is 0 Å². The highest BCUT2D eigenvalue weighted by molar-refractivity contribution is 5.96. The number of hydrogen-bond acceptors (Lipinski definition) is 2. The van der Waals surface area contributed by atoms with Crippen molar-refractivity contribution in [2.24, 2.45) is 0 Å². The van der Waals surface area contributed by atoms with Crippen LogP contribution in [0.2, 0.25) is 0 Å². The Morgan fingerprint density at radius 1 is 1.12 bits per heavy atom. The van der Waals surface area contributed by atoms with Gasteiger partial charge in [0.05, 0.1) is 0 Å². The summed E-state index contributed by atoms with van der Waals surface area (Å²) in [6.07, 6.45) is 12.8. The molecule has 0 aliphatic heterocycles. The standard InChI is InChI=1S/C15H22O2/c1-2-14(16)11-5-3-4-6-12-15(17)13-9-7-8-10-13/h7-9H,2-6,10-12H2,1H3. The summed E-state index contributed by atoms with van der Waals surface area (Å²) < 4.78 is 0. The molecule has 0 saturated heterocycles. The number of carbonyl (C=O) groups is 2. The van der Waals surface area contributed by atoms with Crippen molar-refractivity contribution < 1.29 is 9.59 Å². The van der Waals surface area contributed by atoms with Crippen molar-refractivity contribution >= 4 is 11.6 Å². The van der Waals surface area contributed by atoms with Gasteiger partial charge in [-0.2, -0.15) is 0 Å². The van der Waals surface area contributed by atoms with Crippen LogP contribution in [-0.4, -0.2) is 11.6 Å². The van der Waals surface area contributed by atoms with Crippen molar-refractivity contribution in [2.45, 2.75) is 58.3 Å². The van der Waals surface area contributed by atoms with Gasteiger partial charge >= 0.3 is 0 Å². The molecule has 2 heteroatoms. The number of allylic oxidation sites excluding steroid dienone is 4. The number of unbranched alkanes of at least 4 members (excludes halogenated alkanes) is 3. The van der Waals surface area contributed by atoms with E-state index >= 15 is 0 Å². The zero-order chi connectivity index (χ0) is 12.5. The maximum absolute atomic E-state index is 11.7. The number of carbonyl (C=O) groups excluding carboxylic acids is 2. The average Bonchev–Trinajstić information content (AvgIpc) is 2.86. The van der Waals surface area contributed by atoms with Crippen LogP contribution in [0.1, 0.15) is 58.3 Å². The molecule has 0 heterocycles. The Morgan fingerprint density at radius 3 is 2.41 bits per heavy atom. The van der Waals surface area contributed by atoms with E-state index in [1.54, 1.807) is 0 Å². The summed E-state index contributed by atoms with van der Waals surface area (Å²) in [5.41, 5.74) is 0.950. The summed E-state index contributed by atoms with van der Waals surface area (Å²) in [5.74, 6) is 0.642. The second-order valence-electron chi connectivity index (χ2n) is 4.55. The van der Waals surface area contributed by atoms with Crippen LogP contribution < -0.4 is 0 Å². The van der Waals surface area contributed by atoms with Gasteiger partial charge < -0.3 is 0 Å². The monoisotopic (exact) mass is 234 g/mol. The first-order valence-electron chi connectivity index (χ1n) is 6.64. The largest absolute Gasteiger partial charge is 0.300 e. The second kappa shape index (κ2) is 7.99. The zero-order valence-electron chi connectivity index (χ0n) is 10.7. The van der Waals surface area contributed by atoms with Crippen LogP contribution in [0, 0.1) is 0 Å². The van der Waals surface area contributed by atoms with Crippen LogP contribution in [0.5, 0.6) is 0 Å². The van der Waals surface area contributed by atoms with Crippen LogP contribution in [0.15, 0.2) is 23.8 Å². The predicted molar refractivity (Wildman–Crippen MR) is 69.8 cm³/mol. The van der Waals surface area contributed by atoms with Gasteiger partial charge in [-0.05, 0) is 24.8 Å². The summed E-state index contributed by atoms with van der Waals surface area (Å²) in [6.45, 7) is 1.91. The molecule has 1 aliphatic rings. The summed E-state index contributed by atoms with van der Waals surface area (Å²) in [5, 5.41) is 0. The molecule has 94 valence electrons. The molecule has 1 aliphatic carbocycles. The Balaban J connectivity index is 1.97. The van der Waals surface area contributed by atoms with Gasteiger partial charge in [0.2, 0.25) is 0 Å². The average molecular weight is 234 g/mol. The Labute approximate surface area is 104 Å². The highest BCUT2D eigenvalue weighted by Crippen LogP contribution is 2.15. The molecule has 0 fully saturated rings. The number of hydrogen-bond donors (Lipinski definition) is 0. The Hall–Kier alpha value is -1.18. The molecule has 0 bridgehead atoms. The van der Waals surface area contributed by atoms with Gasteiger partial charge in [0.25, 0.3) is 0 Å². The molecular formula is C15H22O2. The Kier molecular flexibility index (Phi) is 6.53. The van der Waals surface area contributed by atoms with Gasteiger partial charge in [0.1, 0.15) is 5.78 Å². The van der Waals surface area contributed by atoms with Gasteiger partial charge in [0.15, 0.2) is 5.78 Å². The molecule has 0 atom stereocenters. The van der Waals surface area contributed by atoms with E-state index in [-0.39, 0.29) is 0 Å². The Bertz CT molecular complexity index is 324. The molecule has 0 aromatic rings. The molecule has 0 N–H and O–H groups in total. The maximum Gasteiger partial charge on any atom is 0.159 e. The fraction of sp³-hybridized carbons (Fsp3) is 0.600. The van der Waals surface area contributed by atoms with E-state index in [0.717, 1.165) is 37.7 Å². The third-order valence-electron chi connectivity index (χ3n) is 3.13. The lowest BCUT2D eigenvalue weighted by Crippen LogP contribution is -2.00. The summed E-state index contributed by atoms with van der Waals surface area (Å²) in [7, 11) is 0. The van der Waals surface area contributed by atoms with E-state index in [0.29, 0.717) is 30.8 Å². The molecule has 0 spiro atoms. The zero-order valence-corrected chi connectivity index (χ0v) is 10.7. The predicted octanol–water partition coefficient (Wildman–Crippen LogP) is 3.76. The topological polar surface area (TPSA) is 34.1 Å². The SMILES string of the molecule is CCC(=O)CCCCCCC(=O)C1=CC=CC1. The fourth-order valence-corrected chi connectivity index (χ4v) is 1.95. The van der Waals surface area contributed by atoms with Crippen molar-refractivity contribution in [1.82, 2.24) is 0 Å². The van der Waals surface area contributed by atoms with E-state index in [1.807, 2.05) is 25.2 Å². The lowest BCUT2D eigenvalue weighted by Gasteiger charge is -2.02. The lowest BCUT2D eigenvalue weighted by atomic mass is 10.0. The molecule has 0 aromatic carbocycles. The highest BCUT2D eigenvalue weighted by atomic mass is 16.1. The van der Waals surface area contributed by atoms with Crippen LogP contribution in [0.25, 0.3) is 0 Å². The van der Waals surface area contributed by atoms with E-state index in [2.05, 4.69) is 0 Å². The molecule has 0 radical (unpaired) electrons. The van der Waals surface area contributed by atoms with Crippen LogP contribution in [0.4, 0.5) is 0 Å². The van der Waals surface area contributed by atoms with Crippen LogP contribution in [0.3, 0.4) is 0 Å². The van der Waals surface area contributed by atoms with Gasteiger partial charge in [-0.25, -0.2) is 0 Å². The van der Waals surface area contributed by atoms with Gasteiger partial charge in [0, 0.05) is 19.3 Å². The van der Waals surface area contributed by atoms with E-state index in [4.69, 9.17) is 0 Å². The number of ketones is 2. The molecular weight excluding hydrogens is 212 g/mol. The smallest absolute Gasteiger partial charge is 0.159 e. The summed E-state index contributed by atoms with van der Waals surface area (Å²) >= 11 is 0. The quantitative estimate of drug-likeness (QED) is 0.569. The summed E-state index contributed by atoms with van der Waals surface area (Å²) in [4.78, 5) is 22.7. The normalized spacial score (nSPS) is 13.8. The minimum atomic E-state index is 0.291. The first-order valence-corrected chi connectivity index (χ1v) is 6.64. The molecule has 2 nitrogen and oxygen atoms in total. The van der Waals surface area contributed by atoms with Crippen molar-refractivity contribution in [1.29, 1.82) is 0 Å². The second-order valence-corrected chi connectivity index (χ2v) is 4.55. The first kappa shape index (κ1) is 13.9. The van der Waals surface area contributed by atoms with Crippen LogP contribution in [-0.2, 0) is 9.59 Å². The van der Waals surface area contributed by atoms with Crippen molar-refractivity contribution in [2.75, 3.05) is 0 Å². The third kappa shape index (κ3) is 5.62. The first-order chi connectivity index (χ1) is 8.24. The third-order valence-corrected chi connectivity index (χ3v) is 3.13.